The molecule has 3 nitrogen and oxygen atoms in total. The van der Waals surface area contributed by atoms with E-state index in [9.17, 15) is 0 Å². The Morgan fingerprint density at radius 1 is 1.28 bits per heavy atom. The molecule has 3 heterocycles. The molecule has 2 aromatic heterocycles. The summed E-state index contributed by atoms with van der Waals surface area (Å²) in [4.78, 5) is 4.47. The molecule has 1 aromatic carbocycles. The third-order valence-corrected chi connectivity index (χ3v) is 3.56. The van der Waals surface area contributed by atoms with Crippen molar-refractivity contribution < 1.29 is 4.74 Å². The molecule has 3 heteroatoms. The summed E-state index contributed by atoms with van der Waals surface area (Å²) in [6, 6.07) is 8.43. The van der Waals surface area contributed by atoms with E-state index in [4.69, 9.17) is 4.74 Å². The summed E-state index contributed by atoms with van der Waals surface area (Å²) in [5.74, 6) is 0.846. The Kier molecular flexibility index (Phi) is 1.81. The van der Waals surface area contributed by atoms with Gasteiger partial charge in [-0.25, -0.2) is 0 Å². The van der Waals surface area contributed by atoms with Crippen LogP contribution >= 0.6 is 0 Å². The van der Waals surface area contributed by atoms with Crippen molar-refractivity contribution >= 4 is 27.9 Å². The van der Waals surface area contributed by atoms with E-state index in [2.05, 4.69) is 46.0 Å². The van der Waals surface area contributed by atoms with Crippen LogP contribution in [0.3, 0.4) is 0 Å². The number of hydrogen-bond donors (Lipinski definition) is 0. The van der Waals surface area contributed by atoms with Crippen LogP contribution in [-0.2, 0) is 6.54 Å². The molecule has 0 spiro atoms. The number of para-hydroxylation sites is 1. The van der Waals surface area contributed by atoms with E-state index < -0.39 is 0 Å². The lowest BCUT2D eigenvalue weighted by Gasteiger charge is -2.11. The molecule has 0 saturated carbocycles. The zero-order valence-electron chi connectivity index (χ0n) is 10.1. The molecule has 0 bridgehead atoms. The Labute approximate surface area is 104 Å². The van der Waals surface area contributed by atoms with Gasteiger partial charge in [0.05, 0.1) is 29.9 Å². The molecule has 0 radical (unpaired) electrons. The fourth-order valence-corrected chi connectivity index (χ4v) is 2.81. The van der Waals surface area contributed by atoms with Crippen LogP contribution in [0.4, 0.5) is 0 Å². The van der Waals surface area contributed by atoms with Crippen LogP contribution in [0, 0.1) is 0 Å². The largest absolute Gasteiger partial charge is 0.494 e. The highest BCUT2D eigenvalue weighted by atomic mass is 16.5. The van der Waals surface area contributed by atoms with E-state index >= 15 is 0 Å². The monoisotopic (exact) mass is 236 g/mol. The van der Waals surface area contributed by atoms with Crippen LogP contribution in [0.5, 0.6) is 5.75 Å². The first-order valence-electron chi connectivity index (χ1n) is 6.00. The standard InChI is InChI=1S/C15H12N2O/c1-18-13-9-16-11-6-4-8-17-12-7-3-2-5-10(12)14(13)15(11)17/h2-7,9H,8H2,1H3. The number of methoxy groups -OCH3 is 1. The van der Waals surface area contributed by atoms with Gasteiger partial charge < -0.3 is 9.30 Å². The molecule has 0 atom stereocenters. The molecule has 0 aliphatic carbocycles. The molecule has 4 rings (SSSR count). The molecule has 0 saturated heterocycles. The van der Waals surface area contributed by atoms with E-state index in [-0.39, 0.29) is 0 Å². The Morgan fingerprint density at radius 2 is 2.17 bits per heavy atom. The average Bonchev–Trinajstić information content (AvgIpc) is 2.77. The lowest BCUT2D eigenvalue weighted by atomic mass is 10.1. The van der Waals surface area contributed by atoms with Gasteiger partial charge >= 0.3 is 0 Å². The van der Waals surface area contributed by atoms with Crippen LogP contribution in [0.1, 0.15) is 5.69 Å². The molecule has 88 valence electrons. The van der Waals surface area contributed by atoms with Gasteiger partial charge in [-0.05, 0) is 12.1 Å². The zero-order chi connectivity index (χ0) is 12.1. The zero-order valence-corrected chi connectivity index (χ0v) is 10.1. The Balaban J connectivity index is 2.34. The first-order valence-corrected chi connectivity index (χ1v) is 6.00. The maximum Gasteiger partial charge on any atom is 0.147 e. The molecule has 0 fully saturated rings. The predicted octanol–water partition coefficient (Wildman–Crippen LogP) is 3.22. The molecular weight excluding hydrogens is 224 g/mol. The summed E-state index contributed by atoms with van der Waals surface area (Å²) < 4.78 is 7.77. The van der Waals surface area contributed by atoms with Crippen LogP contribution in [0.15, 0.2) is 36.5 Å². The number of rotatable bonds is 1. The molecule has 3 aromatic rings. The van der Waals surface area contributed by atoms with Crippen LogP contribution in [0.2, 0.25) is 0 Å². The average molecular weight is 236 g/mol. The minimum atomic E-state index is 0.846. The van der Waals surface area contributed by atoms with Gasteiger partial charge in [0.2, 0.25) is 0 Å². The molecule has 1 aliphatic heterocycles. The highest BCUT2D eigenvalue weighted by Crippen LogP contribution is 2.38. The third-order valence-electron chi connectivity index (χ3n) is 3.56. The van der Waals surface area contributed by atoms with Crippen LogP contribution in [-0.4, -0.2) is 16.7 Å². The van der Waals surface area contributed by atoms with Crippen molar-refractivity contribution in [3.63, 3.8) is 0 Å². The van der Waals surface area contributed by atoms with Gasteiger partial charge in [-0.3, -0.25) is 4.98 Å². The Bertz CT molecular complexity index is 799. The van der Waals surface area contributed by atoms with Gasteiger partial charge in [0.15, 0.2) is 0 Å². The third kappa shape index (κ3) is 1.06. The van der Waals surface area contributed by atoms with E-state index in [0.717, 1.165) is 18.0 Å². The second-order valence-corrected chi connectivity index (χ2v) is 4.47. The van der Waals surface area contributed by atoms with Gasteiger partial charge in [-0.1, -0.05) is 24.3 Å². The maximum atomic E-state index is 5.47. The van der Waals surface area contributed by atoms with Crippen LogP contribution < -0.4 is 4.74 Å². The van der Waals surface area contributed by atoms with E-state index in [0.29, 0.717) is 0 Å². The van der Waals surface area contributed by atoms with E-state index in [1.807, 2.05) is 6.20 Å². The second-order valence-electron chi connectivity index (χ2n) is 4.47. The van der Waals surface area contributed by atoms with E-state index in [1.54, 1.807) is 7.11 Å². The summed E-state index contributed by atoms with van der Waals surface area (Å²) in [5.41, 5.74) is 3.44. The van der Waals surface area contributed by atoms with Gasteiger partial charge in [0, 0.05) is 17.4 Å². The van der Waals surface area contributed by atoms with Crippen LogP contribution in [0.25, 0.3) is 27.9 Å². The quantitative estimate of drug-likeness (QED) is 0.648. The van der Waals surface area contributed by atoms with Crippen molar-refractivity contribution in [1.82, 2.24) is 9.55 Å². The number of nitrogens with zero attached hydrogens (tertiary/aromatic N) is 2. The van der Waals surface area contributed by atoms with E-state index in [1.165, 1.54) is 21.8 Å². The van der Waals surface area contributed by atoms with Crippen molar-refractivity contribution in [3.05, 3.63) is 42.2 Å². The molecule has 0 unspecified atom stereocenters. The number of pyridine rings is 1. The fraction of sp³-hybridized carbons (Fsp3) is 0.133. The summed E-state index contributed by atoms with van der Waals surface area (Å²) in [6.45, 7) is 0.895. The molecular formula is C15H12N2O. The van der Waals surface area contributed by atoms with Crippen molar-refractivity contribution in [2.45, 2.75) is 6.54 Å². The van der Waals surface area contributed by atoms with Crippen molar-refractivity contribution in [1.29, 1.82) is 0 Å². The summed E-state index contributed by atoms with van der Waals surface area (Å²) >= 11 is 0. The highest BCUT2D eigenvalue weighted by Gasteiger charge is 2.18. The second kappa shape index (κ2) is 3.35. The lowest BCUT2D eigenvalue weighted by Crippen LogP contribution is -2.01. The number of hydrogen-bond acceptors (Lipinski definition) is 2. The number of fused-ring (bicyclic) bond motifs is 3. The number of allylic oxidation sites excluding steroid dienone is 1. The first-order chi connectivity index (χ1) is 8.90. The first kappa shape index (κ1) is 9.71. The number of benzene rings is 1. The number of ether oxygens (including phenoxy) is 1. The van der Waals surface area contributed by atoms with Gasteiger partial charge in [0.25, 0.3) is 0 Å². The van der Waals surface area contributed by atoms with Gasteiger partial charge in [-0.2, -0.15) is 0 Å². The molecule has 1 aliphatic rings. The van der Waals surface area contributed by atoms with Gasteiger partial charge in [-0.15, -0.1) is 0 Å². The summed E-state index contributed by atoms with van der Waals surface area (Å²) in [5, 5.41) is 2.40. The Hall–Kier alpha value is -2.29. The summed E-state index contributed by atoms with van der Waals surface area (Å²) in [7, 11) is 1.70. The van der Waals surface area contributed by atoms with Crippen molar-refractivity contribution in [2.24, 2.45) is 0 Å². The van der Waals surface area contributed by atoms with Crippen molar-refractivity contribution in [3.8, 4) is 5.75 Å². The minimum Gasteiger partial charge on any atom is -0.494 e. The van der Waals surface area contributed by atoms with Crippen molar-refractivity contribution in [2.75, 3.05) is 7.11 Å². The fourth-order valence-electron chi connectivity index (χ4n) is 2.81. The summed E-state index contributed by atoms with van der Waals surface area (Å²) in [6.07, 6.45) is 6.04. The molecule has 18 heavy (non-hydrogen) atoms. The smallest absolute Gasteiger partial charge is 0.147 e. The lowest BCUT2D eigenvalue weighted by molar-refractivity contribution is 0.418. The maximum absolute atomic E-state index is 5.47. The minimum absolute atomic E-state index is 0.846. The number of aromatic nitrogens is 2. The Morgan fingerprint density at radius 3 is 3.06 bits per heavy atom. The molecule has 0 amide bonds. The molecule has 0 N–H and O–H groups in total. The predicted molar refractivity (Wildman–Crippen MR) is 72.8 cm³/mol. The highest BCUT2D eigenvalue weighted by molar-refractivity contribution is 6.13. The topological polar surface area (TPSA) is 27.1 Å². The normalized spacial score (nSPS) is 13.4. The SMILES string of the molecule is COc1cnc2c3c1c1ccccc1n3CC=C2. The van der Waals surface area contributed by atoms with Gasteiger partial charge in [0.1, 0.15) is 5.75 Å².